The molecule has 13 heavy (non-hydrogen) atoms. The molecule has 7 heteroatoms. The predicted octanol–water partition coefficient (Wildman–Crippen LogP) is 2.92. The van der Waals surface area contributed by atoms with Gasteiger partial charge >= 0.3 is 0 Å². The van der Waals surface area contributed by atoms with Crippen LogP contribution in [0.25, 0.3) is 11.0 Å². The molecule has 0 aliphatic carbocycles. The summed E-state index contributed by atoms with van der Waals surface area (Å²) in [5.41, 5.74) is 0.0522. The van der Waals surface area contributed by atoms with Crippen molar-refractivity contribution in [3.63, 3.8) is 0 Å². The maximum atomic E-state index is 13.0. The first-order valence-corrected chi connectivity index (χ1v) is 4.24. The number of benzene rings is 1. The topological polar surface area (TPSA) is 38.9 Å². The van der Waals surface area contributed by atoms with E-state index in [1.807, 2.05) is 0 Å². The zero-order chi connectivity index (χ0) is 9.59. The number of halogens is 4. The summed E-state index contributed by atoms with van der Waals surface area (Å²) < 4.78 is 30.1. The van der Waals surface area contributed by atoms with Gasteiger partial charge in [-0.05, 0) is 26.2 Å². The van der Waals surface area contributed by atoms with Gasteiger partial charge in [0.25, 0.3) is 0 Å². The molecule has 0 aliphatic rings. The van der Waals surface area contributed by atoms with Gasteiger partial charge < -0.3 is 0 Å². The lowest BCUT2D eigenvalue weighted by atomic mass is 10.3. The summed E-state index contributed by atoms with van der Waals surface area (Å²) in [4.78, 5) is 0. The summed E-state index contributed by atoms with van der Waals surface area (Å²) in [5.74, 6) is -2.27. The lowest BCUT2D eigenvalue weighted by Gasteiger charge is -1.97. The molecule has 0 radical (unpaired) electrons. The third kappa shape index (κ3) is 1.13. The predicted molar refractivity (Wildman–Crippen MR) is 44.4 cm³/mol. The Hall–Kier alpha value is -0.750. The van der Waals surface area contributed by atoms with Crippen LogP contribution in [0.3, 0.4) is 0 Å². The van der Waals surface area contributed by atoms with Crippen LogP contribution >= 0.6 is 27.5 Å². The molecule has 0 aliphatic heterocycles. The quantitative estimate of drug-likeness (QED) is 0.545. The molecule has 0 fully saturated rings. The van der Waals surface area contributed by atoms with Crippen LogP contribution in [0.5, 0.6) is 0 Å². The Kier molecular flexibility index (Phi) is 1.96. The van der Waals surface area contributed by atoms with E-state index in [0.717, 1.165) is 0 Å². The minimum atomic E-state index is -1.17. The standard InChI is InChI=1S/C6BrClF2N2O/c7-1-3(9)4(10)2(8)6-5(1)11-13-12-6. The van der Waals surface area contributed by atoms with Crippen LogP contribution in [0.4, 0.5) is 8.78 Å². The van der Waals surface area contributed by atoms with Crippen molar-refractivity contribution in [2.45, 2.75) is 0 Å². The van der Waals surface area contributed by atoms with E-state index >= 15 is 0 Å². The fourth-order valence-electron chi connectivity index (χ4n) is 0.877. The van der Waals surface area contributed by atoms with Crippen LogP contribution in [0.1, 0.15) is 0 Å². The molecule has 3 nitrogen and oxygen atoms in total. The first-order chi connectivity index (χ1) is 6.13. The van der Waals surface area contributed by atoms with Gasteiger partial charge in [-0.2, -0.15) is 0 Å². The van der Waals surface area contributed by atoms with Crippen molar-refractivity contribution in [2.24, 2.45) is 0 Å². The minimum Gasteiger partial charge on any atom is -0.243 e. The molecule has 0 N–H and O–H groups in total. The third-order valence-electron chi connectivity index (χ3n) is 1.48. The average molecular weight is 269 g/mol. The molecule has 0 bridgehead atoms. The highest BCUT2D eigenvalue weighted by Gasteiger charge is 2.20. The first-order valence-electron chi connectivity index (χ1n) is 3.07. The van der Waals surface area contributed by atoms with Gasteiger partial charge in [0.15, 0.2) is 22.7 Å². The Morgan fingerprint density at radius 2 is 1.77 bits per heavy atom. The van der Waals surface area contributed by atoms with Crippen molar-refractivity contribution < 1.29 is 13.4 Å². The number of aromatic nitrogens is 2. The van der Waals surface area contributed by atoms with Gasteiger partial charge in [-0.1, -0.05) is 11.6 Å². The molecular formula is C6BrClF2N2O. The largest absolute Gasteiger partial charge is 0.243 e. The molecule has 68 valence electrons. The second-order valence-corrected chi connectivity index (χ2v) is 3.39. The monoisotopic (exact) mass is 268 g/mol. The maximum Gasteiger partial charge on any atom is 0.181 e. The maximum absolute atomic E-state index is 13.0. The van der Waals surface area contributed by atoms with Gasteiger partial charge in [0.05, 0.1) is 4.47 Å². The van der Waals surface area contributed by atoms with Gasteiger partial charge in [0.2, 0.25) is 0 Å². The highest BCUT2D eigenvalue weighted by atomic mass is 79.9. The van der Waals surface area contributed by atoms with Crippen LogP contribution in [-0.4, -0.2) is 10.3 Å². The SMILES string of the molecule is Fc1c(F)c(Br)c2nonc2c1Cl. The van der Waals surface area contributed by atoms with Gasteiger partial charge in [-0.15, -0.1) is 0 Å². The summed E-state index contributed by atoms with van der Waals surface area (Å²) >= 11 is 8.26. The summed E-state index contributed by atoms with van der Waals surface area (Å²) in [6.45, 7) is 0. The Morgan fingerprint density at radius 3 is 2.46 bits per heavy atom. The van der Waals surface area contributed by atoms with Crippen molar-refractivity contribution in [2.75, 3.05) is 0 Å². The highest BCUT2D eigenvalue weighted by molar-refractivity contribution is 9.10. The molecule has 0 saturated carbocycles. The summed E-state index contributed by atoms with van der Waals surface area (Å²) in [6, 6.07) is 0. The van der Waals surface area contributed by atoms with E-state index in [1.54, 1.807) is 0 Å². The molecule has 0 atom stereocenters. The molecule has 1 heterocycles. The molecule has 1 aromatic heterocycles. The molecule has 2 aromatic rings. The first kappa shape index (κ1) is 8.83. The van der Waals surface area contributed by atoms with E-state index in [1.165, 1.54) is 0 Å². The number of fused-ring (bicyclic) bond motifs is 1. The van der Waals surface area contributed by atoms with Gasteiger partial charge in [0, 0.05) is 0 Å². The highest BCUT2D eigenvalue weighted by Crippen LogP contribution is 2.32. The minimum absolute atomic E-state index is 0.00700. The van der Waals surface area contributed by atoms with Crippen LogP contribution in [-0.2, 0) is 0 Å². The van der Waals surface area contributed by atoms with E-state index in [-0.39, 0.29) is 15.5 Å². The molecular weight excluding hydrogens is 269 g/mol. The van der Waals surface area contributed by atoms with Gasteiger partial charge in [-0.25, -0.2) is 13.4 Å². The average Bonchev–Trinajstić information content (AvgIpc) is 2.59. The van der Waals surface area contributed by atoms with Crippen molar-refractivity contribution in [1.29, 1.82) is 0 Å². The summed E-state index contributed by atoms with van der Waals surface area (Å²) in [7, 11) is 0. The number of hydrogen-bond donors (Lipinski definition) is 0. The lowest BCUT2D eigenvalue weighted by molar-refractivity contribution is 0.315. The van der Waals surface area contributed by atoms with Crippen molar-refractivity contribution in [3.05, 3.63) is 21.1 Å². The number of nitrogens with zero attached hydrogens (tertiary/aromatic N) is 2. The Labute approximate surface area is 83.8 Å². The molecule has 0 unspecified atom stereocenters. The van der Waals surface area contributed by atoms with Crippen molar-refractivity contribution in [1.82, 2.24) is 10.3 Å². The van der Waals surface area contributed by atoms with E-state index in [9.17, 15) is 8.78 Å². The Bertz CT molecular complexity index is 445. The zero-order valence-corrected chi connectivity index (χ0v) is 8.16. The number of rotatable bonds is 0. The van der Waals surface area contributed by atoms with Gasteiger partial charge in [0.1, 0.15) is 5.02 Å². The van der Waals surface area contributed by atoms with E-state index < -0.39 is 16.7 Å². The second kappa shape index (κ2) is 2.88. The summed E-state index contributed by atoms with van der Waals surface area (Å²) in [5, 5.41) is 6.25. The van der Waals surface area contributed by atoms with E-state index in [0.29, 0.717) is 0 Å². The van der Waals surface area contributed by atoms with Crippen LogP contribution < -0.4 is 0 Å². The third-order valence-corrected chi connectivity index (χ3v) is 2.55. The second-order valence-electron chi connectivity index (χ2n) is 2.22. The van der Waals surface area contributed by atoms with Gasteiger partial charge in [-0.3, -0.25) is 0 Å². The smallest absolute Gasteiger partial charge is 0.181 e. The molecule has 0 spiro atoms. The fourth-order valence-corrected chi connectivity index (χ4v) is 1.52. The zero-order valence-electron chi connectivity index (χ0n) is 5.81. The molecule has 0 amide bonds. The lowest BCUT2D eigenvalue weighted by Crippen LogP contribution is -1.89. The summed E-state index contributed by atoms with van der Waals surface area (Å²) in [6.07, 6.45) is 0. The van der Waals surface area contributed by atoms with E-state index in [4.69, 9.17) is 11.6 Å². The van der Waals surface area contributed by atoms with Crippen LogP contribution in [0.2, 0.25) is 5.02 Å². The van der Waals surface area contributed by atoms with Crippen molar-refractivity contribution >= 4 is 38.6 Å². The molecule has 1 aromatic carbocycles. The van der Waals surface area contributed by atoms with Crippen LogP contribution in [0, 0.1) is 11.6 Å². The fraction of sp³-hybridized carbons (Fsp3) is 0. The molecule has 2 rings (SSSR count). The molecule has 0 saturated heterocycles. The number of hydrogen-bond acceptors (Lipinski definition) is 3. The Morgan fingerprint density at radius 1 is 1.15 bits per heavy atom. The van der Waals surface area contributed by atoms with Crippen LogP contribution in [0.15, 0.2) is 9.10 Å². The normalized spacial score (nSPS) is 11.1. The Balaban J connectivity index is 3.02. The van der Waals surface area contributed by atoms with E-state index in [2.05, 4.69) is 30.9 Å². The van der Waals surface area contributed by atoms with Crippen molar-refractivity contribution in [3.8, 4) is 0 Å².